The first-order chi connectivity index (χ1) is 16.8. The van der Waals surface area contributed by atoms with E-state index in [1.54, 1.807) is 26.7 Å². The average Bonchev–Trinajstić information content (AvgIpc) is 3.24. The molecule has 0 saturated carbocycles. The van der Waals surface area contributed by atoms with Crippen LogP contribution in [0.3, 0.4) is 0 Å². The highest BCUT2D eigenvalue weighted by Gasteiger charge is 2.23. The van der Waals surface area contributed by atoms with Crippen LogP contribution in [-0.4, -0.2) is 46.2 Å². The summed E-state index contributed by atoms with van der Waals surface area (Å²) in [6, 6.07) is 14.4. The van der Waals surface area contributed by atoms with E-state index in [4.69, 9.17) is 14.5 Å². The molecule has 0 saturated heterocycles. The number of methoxy groups -OCH3 is 2. The van der Waals surface area contributed by atoms with Crippen molar-refractivity contribution >= 4 is 38.1 Å². The summed E-state index contributed by atoms with van der Waals surface area (Å²) in [5.41, 5.74) is 5.96. The van der Waals surface area contributed by atoms with Crippen LogP contribution in [0.4, 0.5) is 0 Å². The molecule has 0 aliphatic carbocycles. The van der Waals surface area contributed by atoms with Crippen molar-refractivity contribution in [1.82, 2.24) is 14.5 Å². The minimum absolute atomic E-state index is 0.461. The molecule has 2 aromatic heterocycles. The Kier molecular flexibility index (Phi) is 8.16. The smallest absolute Gasteiger partial charge is 0.247 e. The van der Waals surface area contributed by atoms with Gasteiger partial charge in [-0.2, -0.15) is 0 Å². The van der Waals surface area contributed by atoms with Crippen LogP contribution in [0.2, 0.25) is 0 Å². The molecule has 0 aliphatic rings. The lowest BCUT2D eigenvalue weighted by Gasteiger charge is -2.14. The number of imidazole rings is 1. The lowest BCUT2D eigenvalue weighted by Crippen LogP contribution is -2.08. The minimum Gasteiger partial charge on any atom is -0.610 e. The summed E-state index contributed by atoms with van der Waals surface area (Å²) in [4.78, 5) is 9.42. The molecule has 1 atom stereocenters. The van der Waals surface area contributed by atoms with E-state index < -0.39 is 11.2 Å². The number of benzene rings is 2. The zero-order valence-corrected chi connectivity index (χ0v) is 23.1. The van der Waals surface area contributed by atoms with Crippen LogP contribution in [0.1, 0.15) is 36.5 Å². The van der Waals surface area contributed by atoms with Gasteiger partial charge in [-0.15, -0.1) is 0 Å². The van der Waals surface area contributed by atoms with Gasteiger partial charge in [0.1, 0.15) is 28.9 Å². The maximum atomic E-state index is 12.2. The monoisotopic (exact) mass is 555 g/mol. The fraction of sp³-hybridized carbons (Fsp3) is 0.333. The van der Waals surface area contributed by atoms with Gasteiger partial charge < -0.3 is 18.6 Å². The highest BCUT2D eigenvalue weighted by molar-refractivity contribution is 9.10. The van der Waals surface area contributed by atoms with Crippen LogP contribution >= 0.6 is 15.9 Å². The largest absolute Gasteiger partial charge is 0.610 e. The van der Waals surface area contributed by atoms with E-state index in [1.807, 2.05) is 18.2 Å². The van der Waals surface area contributed by atoms with E-state index >= 15 is 0 Å². The van der Waals surface area contributed by atoms with Crippen LogP contribution < -0.4 is 4.74 Å². The van der Waals surface area contributed by atoms with E-state index in [2.05, 4.69) is 63.6 Å². The van der Waals surface area contributed by atoms with Crippen molar-refractivity contribution in [3.8, 4) is 17.1 Å². The van der Waals surface area contributed by atoms with Crippen molar-refractivity contribution in [3.63, 3.8) is 0 Å². The number of aromatic nitrogens is 3. The Bertz CT molecular complexity index is 1320. The summed E-state index contributed by atoms with van der Waals surface area (Å²) >= 11 is 2.64. The predicted molar refractivity (Wildman–Crippen MR) is 145 cm³/mol. The molecule has 184 valence electrons. The van der Waals surface area contributed by atoms with Crippen molar-refractivity contribution in [2.75, 3.05) is 27.1 Å². The van der Waals surface area contributed by atoms with Gasteiger partial charge in [0, 0.05) is 53.0 Å². The average molecular weight is 557 g/mol. The molecular formula is C27H30BrN3O3S. The van der Waals surface area contributed by atoms with Gasteiger partial charge in [0.2, 0.25) is 5.03 Å². The quantitative estimate of drug-likeness (QED) is 0.238. The van der Waals surface area contributed by atoms with Crippen molar-refractivity contribution in [2.45, 2.75) is 37.8 Å². The van der Waals surface area contributed by atoms with E-state index in [0.29, 0.717) is 30.5 Å². The van der Waals surface area contributed by atoms with Gasteiger partial charge in [0.05, 0.1) is 13.7 Å². The van der Waals surface area contributed by atoms with Gasteiger partial charge in [0.25, 0.3) is 0 Å². The molecule has 8 heteroatoms. The number of nitrogens with zero attached hydrogens (tertiary/aromatic N) is 3. The third kappa shape index (κ3) is 5.26. The minimum atomic E-state index is -1.18. The Labute approximate surface area is 218 Å². The molecule has 0 aliphatic heterocycles. The highest BCUT2D eigenvalue weighted by atomic mass is 79.9. The molecule has 0 radical (unpaired) electrons. The molecule has 2 aromatic carbocycles. The molecule has 35 heavy (non-hydrogen) atoms. The number of hydrogen-bond donors (Lipinski definition) is 0. The van der Waals surface area contributed by atoms with E-state index in [1.165, 1.54) is 5.56 Å². The summed E-state index contributed by atoms with van der Waals surface area (Å²) in [5.74, 6) is 2.05. The lowest BCUT2D eigenvalue weighted by molar-refractivity contribution is 0.188. The Hall–Kier alpha value is -2.39. The number of halogens is 1. The third-order valence-corrected chi connectivity index (χ3v) is 7.87. The highest BCUT2D eigenvalue weighted by Crippen LogP contribution is 2.39. The number of fused-ring (bicyclic) bond motifs is 1. The normalized spacial score (nSPS) is 12.5. The van der Waals surface area contributed by atoms with Crippen LogP contribution in [0.25, 0.3) is 22.4 Å². The van der Waals surface area contributed by atoms with Crippen molar-refractivity contribution in [2.24, 2.45) is 0 Å². The van der Waals surface area contributed by atoms with Crippen LogP contribution in [0, 0.1) is 0 Å². The molecule has 0 spiro atoms. The summed E-state index contributed by atoms with van der Waals surface area (Å²) < 4.78 is 26.6. The maximum Gasteiger partial charge on any atom is 0.247 e. The van der Waals surface area contributed by atoms with E-state index in [9.17, 15) is 4.55 Å². The first-order valence-electron chi connectivity index (χ1n) is 11.5. The molecular weight excluding hydrogens is 526 g/mol. The zero-order valence-electron chi connectivity index (χ0n) is 20.7. The fourth-order valence-electron chi connectivity index (χ4n) is 4.24. The molecule has 1 unspecified atom stereocenters. The SMILES string of the molecule is COCCn1c(-c2ccc(C(C)C)cc2)nc2c(Br)c(Cc3cccnc3[S+](C)[O-])cc(OC)c21. The topological polar surface area (TPSA) is 72.2 Å². The summed E-state index contributed by atoms with van der Waals surface area (Å²) in [5, 5.41) is 0.593. The van der Waals surface area contributed by atoms with Crippen LogP contribution in [0.15, 0.2) is 58.2 Å². The van der Waals surface area contributed by atoms with E-state index in [-0.39, 0.29) is 0 Å². The first-order valence-corrected chi connectivity index (χ1v) is 13.8. The van der Waals surface area contributed by atoms with Gasteiger partial charge in [-0.25, -0.2) is 9.97 Å². The summed E-state index contributed by atoms with van der Waals surface area (Å²) in [7, 11) is 3.37. The van der Waals surface area contributed by atoms with Gasteiger partial charge in [-0.3, -0.25) is 0 Å². The van der Waals surface area contributed by atoms with Crippen molar-refractivity contribution in [3.05, 3.63) is 69.8 Å². The maximum absolute atomic E-state index is 12.2. The Morgan fingerprint density at radius 1 is 1.11 bits per heavy atom. The number of pyridine rings is 1. The number of hydrogen-bond acceptors (Lipinski definition) is 5. The molecule has 6 nitrogen and oxygen atoms in total. The van der Waals surface area contributed by atoms with Gasteiger partial charge in [-0.1, -0.05) is 44.2 Å². The van der Waals surface area contributed by atoms with Gasteiger partial charge in [-0.05, 0) is 45.1 Å². The number of rotatable bonds is 9. The molecule has 2 heterocycles. The Morgan fingerprint density at radius 3 is 2.49 bits per heavy atom. The Morgan fingerprint density at radius 2 is 1.86 bits per heavy atom. The zero-order chi connectivity index (χ0) is 25.1. The Balaban J connectivity index is 1.89. The lowest BCUT2D eigenvalue weighted by atomic mass is 10.0. The third-order valence-electron chi connectivity index (χ3n) is 6.07. The van der Waals surface area contributed by atoms with Crippen molar-refractivity contribution in [1.29, 1.82) is 0 Å². The van der Waals surface area contributed by atoms with E-state index in [0.717, 1.165) is 43.8 Å². The molecule has 4 rings (SSSR count). The standard InChI is InChI=1S/C27H30BrN3O3S/c1-17(2)18-8-10-19(11-9-18)26-30-24-23(28)21(15-20-7-6-12-29-27(20)35(5)32)16-22(34-4)25(24)31(26)13-14-33-3/h6-12,16-17H,13-15H2,1-5H3. The molecule has 0 fully saturated rings. The van der Waals surface area contributed by atoms with Gasteiger partial charge in [0.15, 0.2) is 0 Å². The second kappa shape index (κ2) is 11.1. The molecule has 0 amide bonds. The molecule has 4 aromatic rings. The van der Waals surface area contributed by atoms with Crippen LogP contribution in [-0.2, 0) is 28.9 Å². The fourth-order valence-corrected chi connectivity index (χ4v) is 5.49. The molecule has 0 N–H and O–H groups in total. The molecule has 0 bridgehead atoms. The second-order valence-electron chi connectivity index (χ2n) is 8.70. The van der Waals surface area contributed by atoms with Gasteiger partial charge >= 0.3 is 0 Å². The second-order valence-corrected chi connectivity index (χ2v) is 10.8. The van der Waals surface area contributed by atoms with Crippen molar-refractivity contribution < 1.29 is 14.0 Å². The predicted octanol–water partition coefficient (Wildman–Crippen LogP) is 5.97. The summed E-state index contributed by atoms with van der Waals surface area (Å²) in [6.45, 7) is 5.56. The van der Waals surface area contributed by atoms with Crippen LogP contribution in [0.5, 0.6) is 5.75 Å². The number of ether oxygens (including phenoxy) is 2. The summed E-state index contributed by atoms with van der Waals surface area (Å²) in [6.07, 6.45) is 3.88. The first kappa shape index (κ1) is 25.7.